The number of hydrogen-bond donors (Lipinski definition) is 2. The van der Waals surface area contributed by atoms with Gasteiger partial charge in [-0.05, 0) is 48.7 Å². The van der Waals surface area contributed by atoms with Gasteiger partial charge in [-0.2, -0.15) is 13.2 Å². The largest absolute Gasteiger partial charge is 0.399 e. The van der Waals surface area contributed by atoms with E-state index in [1.54, 1.807) is 6.92 Å². The molecule has 2 rings (SSSR count). The van der Waals surface area contributed by atoms with E-state index in [1.807, 2.05) is 0 Å². The van der Waals surface area contributed by atoms with Crippen molar-refractivity contribution in [1.82, 2.24) is 10.6 Å². The fourth-order valence-electron chi connectivity index (χ4n) is 3.04. The minimum absolute atomic E-state index is 0.177. The van der Waals surface area contributed by atoms with E-state index in [0.29, 0.717) is 35.1 Å². The highest BCUT2D eigenvalue weighted by Crippen LogP contribution is 2.39. The Bertz CT molecular complexity index is 1050. The Morgan fingerprint density at radius 1 is 1.12 bits per heavy atom. The molecule has 2 N–H and O–H groups in total. The third-order valence-electron chi connectivity index (χ3n) is 4.70. The fourth-order valence-corrected chi connectivity index (χ4v) is 4.16. The average Bonchev–Trinajstić information content (AvgIpc) is 2.74. The Hall–Kier alpha value is -2.10. The summed E-state index contributed by atoms with van der Waals surface area (Å²) in [5.41, 5.74) is 0.488. The molecule has 2 aromatic carbocycles. The number of alkyl halides is 3. The average molecular weight is 584 g/mol. The minimum atomic E-state index is -4.67. The molecular formula is C23H21BrCl2F4N2O2. The molecule has 2 amide bonds. The van der Waals surface area contributed by atoms with Crippen molar-refractivity contribution in [2.75, 3.05) is 13.1 Å². The van der Waals surface area contributed by atoms with E-state index < -0.39 is 28.0 Å². The standard InChI is InChI=1S/C23H21BrCl2F4N2O2/c1-2-31-22(34)32-9-3-4-20(33)15-7-5-13(10-17(15)24)6-8-16(23(28,29)30)14-11-18(25)21(27)19(26)12-14/h5-8,10-12,16H,2-4,9H2,1H3,(H2,31,32,34)/b8-6+. The van der Waals surface area contributed by atoms with E-state index in [4.69, 9.17) is 23.2 Å². The first-order chi connectivity index (χ1) is 15.9. The van der Waals surface area contributed by atoms with Gasteiger partial charge in [-0.15, -0.1) is 0 Å². The molecular weight excluding hydrogens is 563 g/mol. The summed E-state index contributed by atoms with van der Waals surface area (Å²) in [5, 5.41) is 4.20. The van der Waals surface area contributed by atoms with Gasteiger partial charge in [0.2, 0.25) is 0 Å². The summed E-state index contributed by atoms with van der Waals surface area (Å²) in [6.45, 7) is 2.61. The highest BCUT2D eigenvalue weighted by Gasteiger charge is 2.39. The molecule has 34 heavy (non-hydrogen) atoms. The molecule has 1 unspecified atom stereocenters. The Morgan fingerprint density at radius 2 is 1.76 bits per heavy atom. The molecule has 0 aliphatic carbocycles. The van der Waals surface area contributed by atoms with Crippen LogP contribution in [0.2, 0.25) is 10.0 Å². The van der Waals surface area contributed by atoms with E-state index in [2.05, 4.69) is 26.6 Å². The molecule has 0 aromatic heterocycles. The number of carbonyl (C=O) groups is 2. The number of halogens is 7. The van der Waals surface area contributed by atoms with Crippen molar-refractivity contribution in [3.63, 3.8) is 0 Å². The maximum Gasteiger partial charge on any atom is 0.399 e. The quantitative estimate of drug-likeness (QED) is 0.139. The summed E-state index contributed by atoms with van der Waals surface area (Å²) < 4.78 is 55.0. The van der Waals surface area contributed by atoms with Gasteiger partial charge in [0.15, 0.2) is 11.6 Å². The van der Waals surface area contributed by atoms with Crippen LogP contribution in [0.1, 0.15) is 47.2 Å². The van der Waals surface area contributed by atoms with Crippen molar-refractivity contribution in [3.05, 3.63) is 73.4 Å². The van der Waals surface area contributed by atoms with Gasteiger partial charge < -0.3 is 10.6 Å². The summed E-state index contributed by atoms with van der Waals surface area (Å²) in [4.78, 5) is 23.8. The molecule has 0 saturated heterocycles. The van der Waals surface area contributed by atoms with Crippen LogP contribution in [0.4, 0.5) is 22.4 Å². The summed E-state index contributed by atoms with van der Waals surface area (Å²) in [5.74, 6) is -3.23. The van der Waals surface area contributed by atoms with Crippen molar-refractivity contribution >= 4 is 57.0 Å². The number of amides is 2. The van der Waals surface area contributed by atoms with E-state index >= 15 is 0 Å². The SMILES string of the molecule is CCNC(=O)NCCCC(=O)c1ccc(/C=C/C(c2cc(Cl)c(F)c(Cl)c2)C(F)(F)F)cc1Br. The number of nitrogens with one attached hydrogen (secondary N) is 2. The molecule has 4 nitrogen and oxygen atoms in total. The first kappa shape index (κ1) is 28.1. The summed E-state index contributed by atoms with van der Waals surface area (Å²) in [6.07, 6.45) is -1.90. The fraction of sp³-hybridized carbons (Fsp3) is 0.304. The predicted molar refractivity (Wildman–Crippen MR) is 129 cm³/mol. The summed E-state index contributed by atoms with van der Waals surface area (Å²) in [6, 6.07) is 6.02. The number of ketones is 1. The highest BCUT2D eigenvalue weighted by molar-refractivity contribution is 9.10. The zero-order valence-corrected chi connectivity index (χ0v) is 21.0. The van der Waals surface area contributed by atoms with Crippen LogP contribution in [0.3, 0.4) is 0 Å². The minimum Gasteiger partial charge on any atom is -0.338 e. The van der Waals surface area contributed by atoms with Crippen LogP contribution >= 0.6 is 39.1 Å². The van der Waals surface area contributed by atoms with Gasteiger partial charge in [-0.25, -0.2) is 9.18 Å². The lowest BCUT2D eigenvalue weighted by atomic mass is 9.96. The van der Waals surface area contributed by atoms with Crippen LogP contribution in [-0.4, -0.2) is 31.1 Å². The van der Waals surface area contributed by atoms with Crippen LogP contribution in [0.25, 0.3) is 6.08 Å². The molecule has 184 valence electrons. The number of carbonyl (C=O) groups excluding carboxylic acids is 2. The zero-order valence-electron chi connectivity index (χ0n) is 17.9. The monoisotopic (exact) mass is 582 g/mol. The molecule has 0 fully saturated rings. The third kappa shape index (κ3) is 7.99. The first-order valence-electron chi connectivity index (χ1n) is 10.2. The van der Waals surface area contributed by atoms with Gasteiger partial charge in [0, 0.05) is 29.5 Å². The second-order valence-corrected chi connectivity index (χ2v) is 8.90. The third-order valence-corrected chi connectivity index (χ3v) is 5.90. The van der Waals surface area contributed by atoms with Crippen LogP contribution in [0, 0.1) is 5.82 Å². The van der Waals surface area contributed by atoms with Crippen LogP contribution < -0.4 is 10.6 Å². The predicted octanol–water partition coefficient (Wildman–Crippen LogP) is 7.54. The lowest BCUT2D eigenvalue weighted by molar-refractivity contribution is -0.139. The van der Waals surface area contributed by atoms with Crippen LogP contribution in [0.5, 0.6) is 0 Å². The summed E-state index contributed by atoms with van der Waals surface area (Å²) >= 11 is 14.6. The molecule has 0 aliphatic heterocycles. The van der Waals surface area contributed by atoms with Crippen LogP contribution in [-0.2, 0) is 0 Å². The Morgan fingerprint density at radius 3 is 2.32 bits per heavy atom. The number of rotatable bonds is 9. The molecule has 0 aliphatic rings. The second kappa shape index (κ2) is 12.6. The van der Waals surface area contributed by atoms with E-state index in [1.165, 1.54) is 24.3 Å². The maximum absolute atomic E-state index is 13.6. The molecule has 0 saturated carbocycles. The zero-order chi connectivity index (χ0) is 25.5. The van der Waals surface area contributed by atoms with Crippen molar-refractivity contribution < 1.29 is 27.2 Å². The van der Waals surface area contributed by atoms with E-state index in [9.17, 15) is 27.2 Å². The highest BCUT2D eigenvalue weighted by atomic mass is 79.9. The Balaban J connectivity index is 2.12. The van der Waals surface area contributed by atoms with E-state index in [-0.39, 0.29) is 23.8 Å². The van der Waals surface area contributed by atoms with Crippen molar-refractivity contribution in [1.29, 1.82) is 0 Å². The number of urea groups is 1. The molecule has 2 aromatic rings. The Kier molecular flexibility index (Phi) is 10.4. The van der Waals surface area contributed by atoms with Gasteiger partial charge in [0.25, 0.3) is 0 Å². The number of Topliss-reactive ketones (excluding diaryl/α,β-unsaturated/α-hetero) is 1. The number of allylic oxidation sites excluding steroid dienone is 1. The lowest BCUT2D eigenvalue weighted by Gasteiger charge is -2.18. The Labute approximate surface area is 212 Å². The molecule has 0 spiro atoms. The maximum atomic E-state index is 13.6. The summed E-state index contributed by atoms with van der Waals surface area (Å²) in [7, 11) is 0. The molecule has 1 atom stereocenters. The van der Waals surface area contributed by atoms with Gasteiger partial charge >= 0.3 is 12.2 Å². The lowest BCUT2D eigenvalue weighted by Crippen LogP contribution is -2.35. The van der Waals surface area contributed by atoms with Crippen molar-refractivity contribution in [2.24, 2.45) is 0 Å². The van der Waals surface area contributed by atoms with E-state index in [0.717, 1.165) is 18.2 Å². The topological polar surface area (TPSA) is 58.2 Å². The normalized spacial score (nSPS) is 12.6. The van der Waals surface area contributed by atoms with Gasteiger partial charge in [0.1, 0.15) is 0 Å². The van der Waals surface area contributed by atoms with Gasteiger partial charge in [-0.1, -0.05) is 57.4 Å². The van der Waals surface area contributed by atoms with Crippen LogP contribution in [0.15, 0.2) is 40.9 Å². The second-order valence-electron chi connectivity index (χ2n) is 7.23. The molecule has 0 radical (unpaired) electrons. The molecule has 11 heteroatoms. The molecule has 0 bridgehead atoms. The van der Waals surface area contributed by atoms with Crippen molar-refractivity contribution in [2.45, 2.75) is 31.9 Å². The van der Waals surface area contributed by atoms with Gasteiger partial charge in [0.05, 0.1) is 16.0 Å². The molecule has 0 heterocycles. The smallest absolute Gasteiger partial charge is 0.338 e. The first-order valence-corrected chi connectivity index (χ1v) is 11.7. The number of benzene rings is 2. The van der Waals surface area contributed by atoms with Gasteiger partial charge in [-0.3, -0.25) is 4.79 Å². The number of hydrogen-bond acceptors (Lipinski definition) is 2. The van der Waals surface area contributed by atoms with Crippen molar-refractivity contribution in [3.8, 4) is 0 Å².